The van der Waals surface area contributed by atoms with E-state index in [4.69, 9.17) is 0 Å². The quantitative estimate of drug-likeness (QED) is 0.615. The fourth-order valence-electron chi connectivity index (χ4n) is 5.16. The minimum absolute atomic E-state index is 0.148. The Labute approximate surface area is 194 Å². The molecule has 1 atom stereocenters. The van der Waals surface area contributed by atoms with Gasteiger partial charge in [0.05, 0.1) is 0 Å². The van der Waals surface area contributed by atoms with Gasteiger partial charge in [-0.05, 0) is 55.5 Å². The van der Waals surface area contributed by atoms with E-state index in [2.05, 4.69) is 32.6 Å². The Hall–Kier alpha value is -3.32. The molecule has 0 radical (unpaired) electrons. The molecule has 3 N–H and O–H groups in total. The van der Waals surface area contributed by atoms with Gasteiger partial charge in [-0.25, -0.2) is 0 Å². The molecule has 3 aliphatic rings. The number of benzene rings is 2. The van der Waals surface area contributed by atoms with E-state index in [1.807, 2.05) is 42.5 Å². The van der Waals surface area contributed by atoms with Crippen molar-refractivity contribution in [2.45, 2.75) is 37.8 Å². The lowest BCUT2D eigenvalue weighted by Crippen LogP contribution is -2.46. The van der Waals surface area contributed by atoms with Crippen LogP contribution in [0.2, 0.25) is 0 Å². The van der Waals surface area contributed by atoms with Crippen molar-refractivity contribution >= 4 is 23.2 Å². The standard InChI is InChI=1S/C26H30N4O3/c31-23-22(24(32)27-20-9-11-21(12-10-20)30-14-5-2-6-15-30)25(33)28-26(23)13-16-29(18-26)17-19-7-3-1-4-8-19/h1,3-4,7-12,31H,2,5-6,13-18H2,(H,27,32)(H,28,33). The number of carbonyl (C=O) groups is 2. The van der Waals surface area contributed by atoms with E-state index in [0.29, 0.717) is 18.7 Å². The highest BCUT2D eigenvalue weighted by molar-refractivity contribution is 6.25. The summed E-state index contributed by atoms with van der Waals surface area (Å²) in [4.78, 5) is 30.1. The first-order valence-corrected chi connectivity index (χ1v) is 11.7. The van der Waals surface area contributed by atoms with Gasteiger partial charge in [0.25, 0.3) is 11.8 Å². The molecule has 3 aliphatic heterocycles. The van der Waals surface area contributed by atoms with Crippen molar-refractivity contribution in [2.75, 3.05) is 36.4 Å². The molecule has 7 nitrogen and oxygen atoms in total. The lowest BCUT2D eigenvalue weighted by Gasteiger charge is -2.28. The van der Waals surface area contributed by atoms with Crippen molar-refractivity contribution < 1.29 is 14.7 Å². The fraction of sp³-hybridized carbons (Fsp3) is 0.385. The predicted molar refractivity (Wildman–Crippen MR) is 128 cm³/mol. The smallest absolute Gasteiger partial charge is 0.264 e. The number of likely N-dealkylation sites (tertiary alicyclic amines) is 1. The molecular formula is C26H30N4O3. The van der Waals surface area contributed by atoms with Gasteiger partial charge in [-0.2, -0.15) is 0 Å². The van der Waals surface area contributed by atoms with Crippen LogP contribution in [0.3, 0.4) is 0 Å². The molecule has 0 bridgehead atoms. The Morgan fingerprint density at radius 3 is 2.45 bits per heavy atom. The van der Waals surface area contributed by atoms with E-state index in [1.165, 1.54) is 24.8 Å². The molecule has 2 fully saturated rings. The van der Waals surface area contributed by atoms with Crippen LogP contribution in [0.25, 0.3) is 0 Å². The summed E-state index contributed by atoms with van der Waals surface area (Å²) in [6.07, 6.45) is 4.24. The number of carbonyl (C=O) groups excluding carboxylic acids is 2. The topological polar surface area (TPSA) is 84.9 Å². The highest BCUT2D eigenvalue weighted by Gasteiger charge is 2.51. The van der Waals surface area contributed by atoms with Crippen LogP contribution in [0.4, 0.5) is 11.4 Å². The van der Waals surface area contributed by atoms with Crippen molar-refractivity contribution in [2.24, 2.45) is 0 Å². The van der Waals surface area contributed by atoms with E-state index in [1.54, 1.807) is 0 Å². The number of hydrogen-bond acceptors (Lipinski definition) is 5. The summed E-state index contributed by atoms with van der Waals surface area (Å²) >= 11 is 0. The van der Waals surface area contributed by atoms with Crippen LogP contribution in [0, 0.1) is 0 Å². The van der Waals surface area contributed by atoms with Crippen LogP contribution >= 0.6 is 0 Å². The second-order valence-electron chi connectivity index (χ2n) is 9.25. The summed E-state index contributed by atoms with van der Waals surface area (Å²) in [5, 5.41) is 16.6. The molecule has 172 valence electrons. The molecule has 2 aromatic carbocycles. The molecule has 0 aromatic heterocycles. The molecule has 1 spiro atoms. The second-order valence-corrected chi connectivity index (χ2v) is 9.25. The Kier molecular flexibility index (Phi) is 5.81. The number of aliphatic hydroxyl groups is 1. The van der Waals surface area contributed by atoms with E-state index >= 15 is 0 Å². The third-order valence-corrected chi connectivity index (χ3v) is 6.94. The number of aliphatic hydroxyl groups excluding tert-OH is 1. The highest BCUT2D eigenvalue weighted by Crippen LogP contribution is 2.35. The zero-order valence-corrected chi connectivity index (χ0v) is 18.7. The maximum Gasteiger partial charge on any atom is 0.264 e. The van der Waals surface area contributed by atoms with Gasteiger partial charge in [0.1, 0.15) is 16.9 Å². The van der Waals surface area contributed by atoms with Gasteiger partial charge in [-0.1, -0.05) is 30.3 Å². The molecule has 7 heteroatoms. The van der Waals surface area contributed by atoms with Crippen LogP contribution in [-0.2, 0) is 16.1 Å². The van der Waals surface area contributed by atoms with Crippen LogP contribution in [-0.4, -0.2) is 53.5 Å². The SMILES string of the molecule is O=C(Nc1ccc(N2CCCCC2)cc1)C1=C(O)C2(CCN(Cc3ccccc3)C2)NC1=O. The Morgan fingerprint density at radius 2 is 1.73 bits per heavy atom. The second kappa shape index (κ2) is 8.90. The monoisotopic (exact) mass is 446 g/mol. The summed E-state index contributed by atoms with van der Waals surface area (Å²) in [7, 11) is 0. The molecule has 5 rings (SSSR count). The Balaban J connectivity index is 1.26. The zero-order valence-electron chi connectivity index (χ0n) is 18.7. The third kappa shape index (κ3) is 4.33. The molecule has 2 saturated heterocycles. The van der Waals surface area contributed by atoms with Crippen LogP contribution in [0.15, 0.2) is 65.9 Å². The molecule has 0 saturated carbocycles. The lowest BCUT2D eigenvalue weighted by atomic mass is 9.96. The number of rotatable bonds is 5. The summed E-state index contributed by atoms with van der Waals surface area (Å²) in [5.74, 6) is -1.24. The Morgan fingerprint density at radius 1 is 1.00 bits per heavy atom. The highest BCUT2D eigenvalue weighted by atomic mass is 16.3. The summed E-state index contributed by atoms with van der Waals surface area (Å²) in [6, 6.07) is 17.8. The first-order valence-electron chi connectivity index (χ1n) is 11.7. The average molecular weight is 447 g/mol. The van der Waals surface area contributed by atoms with Crippen molar-refractivity contribution in [3.63, 3.8) is 0 Å². The van der Waals surface area contributed by atoms with E-state index < -0.39 is 17.4 Å². The van der Waals surface area contributed by atoms with E-state index in [-0.39, 0.29) is 11.3 Å². The largest absolute Gasteiger partial charge is 0.509 e. The van der Waals surface area contributed by atoms with Gasteiger partial charge in [0.15, 0.2) is 0 Å². The average Bonchev–Trinajstić information content (AvgIpc) is 3.34. The van der Waals surface area contributed by atoms with Crippen LogP contribution in [0.5, 0.6) is 0 Å². The molecule has 2 aromatic rings. The number of amides is 2. The summed E-state index contributed by atoms with van der Waals surface area (Å²) in [6.45, 7) is 4.04. The maximum atomic E-state index is 12.9. The number of anilines is 2. The minimum Gasteiger partial charge on any atom is -0.509 e. The molecule has 1 unspecified atom stereocenters. The maximum absolute atomic E-state index is 12.9. The molecule has 33 heavy (non-hydrogen) atoms. The zero-order chi connectivity index (χ0) is 22.8. The van der Waals surface area contributed by atoms with Gasteiger partial charge >= 0.3 is 0 Å². The molecule has 0 aliphatic carbocycles. The Bertz CT molecular complexity index is 1060. The summed E-state index contributed by atoms with van der Waals surface area (Å²) in [5.41, 5.74) is 1.84. The van der Waals surface area contributed by atoms with Gasteiger partial charge < -0.3 is 20.6 Å². The number of hydrogen-bond donors (Lipinski definition) is 3. The first-order chi connectivity index (χ1) is 16.0. The van der Waals surface area contributed by atoms with Crippen molar-refractivity contribution in [3.8, 4) is 0 Å². The first kappa shape index (κ1) is 21.5. The number of piperidine rings is 1. The van der Waals surface area contributed by atoms with Gasteiger partial charge in [0.2, 0.25) is 0 Å². The molecular weight excluding hydrogens is 416 g/mol. The van der Waals surface area contributed by atoms with E-state index in [0.717, 1.165) is 31.9 Å². The fourth-order valence-corrected chi connectivity index (χ4v) is 5.16. The predicted octanol–water partition coefficient (Wildman–Crippen LogP) is 3.20. The van der Waals surface area contributed by atoms with Crippen molar-refractivity contribution in [1.82, 2.24) is 10.2 Å². The summed E-state index contributed by atoms with van der Waals surface area (Å²) < 4.78 is 0. The van der Waals surface area contributed by atoms with Gasteiger partial charge in [-0.3, -0.25) is 14.5 Å². The lowest BCUT2D eigenvalue weighted by molar-refractivity contribution is -0.121. The molecule has 2 amide bonds. The van der Waals surface area contributed by atoms with Crippen molar-refractivity contribution in [1.29, 1.82) is 0 Å². The van der Waals surface area contributed by atoms with Crippen LogP contribution in [0.1, 0.15) is 31.2 Å². The molecule has 3 heterocycles. The van der Waals surface area contributed by atoms with E-state index in [9.17, 15) is 14.7 Å². The minimum atomic E-state index is -0.892. The van der Waals surface area contributed by atoms with Gasteiger partial charge in [-0.15, -0.1) is 0 Å². The van der Waals surface area contributed by atoms with Crippen molar-refractivity contribution in [3.05, 3.63) is 71.5 Å². The normalized spacial score (nSPS) is 23.3. The third-order valence-electron chi connectivity index (χ3n) is 6.94. The number of nitrogens with zero attached hydrogens (tertiary/aromatic N) is 2. The number of nitrogens with one attached hydrogen (secondary N) is 2. The van der Waals surface area contributed by atoms with Gasteiger partial charge in [0, 0.05) is 44.1 Å². The van der Waals surface area contributed by atoms with Crippen LogP contribution < -0.4 is 15.5 Å².